The van der Waals surface area contributed by atoms with Crippen molar-refractivity contribution in [3.63, 3.8) is 0 Å². The van der Waals surface area contributed by atoms with Gasteiger partial charge in [0, 0.05) is 6.07 Å². The van der Waals surface area contributed by atoms with Crippen LogP contribution in [-0.4, -0.2) is 11.9 Å². The lowest BCUT2D eigenvalue weighted by atomic mass is 9.82. The molecule has 3 rings (SSSR count). The average molecular weight is 266 g/mol. The number of nitrogens with one attached hydrogen (secondary N) is 2. The quantitative estimate of drug-likeness (QED) is 0.819. The van der Waals surface area contributed by atoms with Crippen LogP contribution in [0.2, 0.25) is 0 Å². The normalized spacial score (nSPS) is 23.5. The number of hydrogen-bond acceptors (Lipinski definition) is 2. The zero-order valence-corrected chi connectivity index (χ0v) is 10.5. The van der Waals surface area contributed by atoms with Gasteiger partial charge in [0.2, 0.25) is 5.91 Å². The summed E-state index contributed by atoms with van der Waals surface area (Å²) in [5.74, 6) is -1.35. The molecule has 1 aliphatic heterocycles. The third-order valence-electron chi connectivity index (χ3n) is 4.02. The van der Waals surface area contributed by atoms with Crippen LogP contribution in [-0.2, 0) is 4.79 Å². The Morgan fingerprint density at radius 3 is 2.58 bits per heavy atom. The Balaban J connectivity index is 1.88. The molecule has 1 aromatic rings. The SMILES string of the molecule is O=C1Nc2c(F)cc(F)cc2NC1C1CCCCC1. The number of anilines is 2. The highest BCUT2D eigenvalue weighted by Gasteiger charge is 2.34. The molecule has 3 nitrogen and oxygen atoms in total. The second-order valence-corrected chi connectivity index (χ2v) is 5.32. The molecule has 1 aliphatic carbocycles. The summed E-state index contributed by atoms with van der Waals surface area (Å²) in [4.78, 5) is 12.1. The van der Waals surface area contributed by atoms with Crippen LogP contribution in [0.25, 0.3) is 0 Å². The van der Waals surface area contributed by atoms with Crippen LogP contribution in [0.3, 0.4) is 0 Å². The van der Waals surface area contributed by atoms with E-state index in [0.29, 0.717) is 5.69 Å². The molecule has 19 heavy (non-hydrogen) atoms. The van der Waals surface area contributed by atoms with E-state index in [1.54, 1.807) is 0 Å². The van der Waals surface area contributed by atoms with E-state index < -0.39 is 11.6 Å². The first-order valence-corrected chi connectivity index (χ1v) is 6.71. The molecule has 102 valence electrons. The standard InChI is InChI=1S/C14H16F2N2O/c15-9-6-10(16)13-11(7-9)17-12(14(19)18-13)8-4-2-1-3-5-8/h6-8,12,17H,1-5H2,(H,18,19). The van der Waals surface area contributed by atoms with Crippen LogP contribution in [0.1, 0.15) is 32.1 Å². The summed E-state index contributed by atoms with van der Waals surface area (Å²) in [6, 6.07) is 1.63. The summed E-state index contributed by atoms with van der Waals surface area (Å²) in [5, 5.41) is 5.57. The van der Waals surface area contributed by atoms with Crippen molar-refractivity contribution in [3.8, 4) is 0 Å². The lowest BCUT2D eigenvalue weighted by Gasteiger charge is -2.34. The zero-order chi connectivity index (χ0) is 13.4. The van der Waals surface area contributed by atoms with Gasteiger partial charge in [-0.25, -0.2) is 8.78 Å². The predicted molar refractivity (Wildman–Crippen MR) is 69.0 cm³/mol. The number of fused-ring (bicyclic) bond motifs is 1. The Morgan fingerprint density at radius 2 is 1.84 bits per heavy atom. The van der Waals surface area contributed by atoms with E-state index in [-0.39, 0.29) is 23.6 Å². The van der Waals surface area contributed by atoms with Gasteiger partial charge in [-0.3, -0.25) is 4.79 Å². The number of benzene rings is 1. The highest BCUT2D eigenvalue weighted by molar-refractivity contribution is 6.03. The van der Waals surface area contributed by atoms with Crippen LogP contribution in [0.5, 0.6) is 0 Å². The zero-order valence-electron chi connectivity index (χ0n) is 10.5. The third-order valence-corrected chi connectivity index (χ3v) is 4.02. The molecule has 0 bridgehead atoms. The molecule has 1 amide bonds. The van der Waals surface area contributed by atoms with Gasteiger partial charge in [0.25, 0.3) is 0 Å². The van der Waals surface area contributed by atoms with Crippen LogP contribution in [0, 0.1) is 17.6 Å². The maximum absolute atomic E-state index is 13.6. The minimum Gasteiger partial charge on any atom is -0.372 e. The van der Waals surface area contributed by atoms with Gasteiger partial charge >= 0.3 is 0 Å². The molecule has 2 aliphatic rings. The van der Waals surface area contributed by atoms with Crippen molar-refractivity contribution in [3.05, 3.63) is 23.8 Å². The maximum atomic E-state index is 13.6. The Bertz CT molecular complexity index is 512. The topological polar surface area (TPSA) is 41.1 Å². The molecular weight excluding hydrogens is 250 g/mol. The molecule has 1 heterocycles. The third kappa shape index (κ3) is 2.29. The van der Waals surface area contributed by atoms with Crippen molar-refractivity contribution in [2.45, 2.75) is 38.1 Å². The number of halogens is 2. The smallest absolute Gasteiger partial charge is 0.247 e. The molecule has 1 unspecified atom stereocenters. The second kappa shape index (κ2) is 4.79. The van der Waals surface area contributed by atoms with Crippen molar-refractivity contribution >= 4 is 17.3 Å². The van der Waals surface area contributed by atoms with Gasteiger partial charge < -0.3 is 10.6 Å². The van der Waals surface area contributed by atoms with E-state index in [1.165, 1.54) is 12.5 Å². The van der Waals surface area contributed by atoms with Gasteiger partial charge in [-0.05, 0) is 24.8 Å². The molecule has 5 heteroatoms. The summed E-state index contributed by atoms with van der Waals surface area (Å²) in [6.07, 6.45) is 5.39. The van der Waals surface area contributed by atoms with Crippen LogP contribution < -0.4 is 10.6 Å². The largest absolute Gasteiger partial charge is 0.372 e. The highest BCUT2D eigenvalue weighted by atomic mass is 19.1. The Labute approximate surface area is 110 Å². The van der Waals surface area contributed by atoms with Crippen LogP contribution in [0.4, 0.5) is 20.2 Å². The van der Waals surface area contributed by atoms with Crippen LogP contribution >= 0.6 is 0 Å². The van der Waals surface area contributed by atoms with Gasteiger partial charge in [0.05, 0.1) is 5.69 Å². The fraction of sp³-hybridized carbons (Fsp3) is 0.500. The van der Waals surface area contributed by atoms with E-state index >= 15 is 0 Å². The average Bonchev–Trinajstić information content (AvgIpc) is 2.40. The molecule has 1 fully saturated rings. The summed E-state index contributed by atoms with van der Waals surface area (Å²) in [7, 11) is 0. The van der Waals surface area contributed by atoms with Crippen molar-refractivity contribution in [2.75, 3.05) is 10.6 Å². The molecule has 0 saturated heterocycles. The van der Waals surface area contributed by atoms with Crippen molar-refractivity contribution in [1.29, 1.82) is 0 Å². The first-order chi connectivity index (χ1) is 9.15. The first kappa shape index (κ1) is 12.4. The minimum atomic E-state index is -0.738. The van der Waals surface area contributed by atoms with E-state index in [2.05, 4.69) is 10.6 Å². The number of rotatable bonds is 1. The maximum Gasteiger partial charge on any atom is 0.247 e. The molecule has 0 radical (unpaired) electrons. The Hall–Kier alpha value is -1.65. The van der Waals surface area contributed by atoms with Gasteiger partial charge in [0.1, 0.15) is 17.5 Å². The summed E-state index contributed by atoms with van der Waals surface area (Å²) in [5.41, 5.74) is 0.395. The van der Waals surface area contributed by atoms with E-state index in [9.17, 15) is 13.6 Å². The van der Waals surface area contributed by atoms with E-state index in [4.69, 9.17) is 0 Å². The lowest BCUT2D eigenvalue weighted by molar-refractivity contribution is -0.118. The summed E-state index contributed by atoms with van der Waals surface area (Å²) in [6.45, 7) is 0. The monoisotopic (exact) mass is 266 g/mol. The number of amides is 1. The molecule has 1 atom stereocenters. The second-order valence-electron chi connectivity index (χ2n) is 5.32. The predicted octanol–water partition coefficient (Wildman–Crippen LogP) is 3.28. The Kier molecular flexibility index (Phi) is 3.12. The van der Waals surface area contributed by atoms with Crippen molar-refractivity contribution in [1.82, 2.24) is 0 Å². The lowest BCUT2D eigenvalue weighted by Crippen LogP contribution is -2.45. The van der Waals surface area contributed by atoms with Gasteiger partial charge in [0.15, 0.2) is 5.82 Å². The summed E-state index contributed by atoms with van der Waals surface area (Å²) >= 11 is 0. The van der Waals surface area contributed by atoms with Gasteiger partial charge in [-0.1, -0.05) is 19.3 Å². The van der Waals surface area contributed by atoms with Gasteiger partial charge in [-0.15, -0.1) is 0 Å². The molecule has 0 spiro atoms. The van der Waals surface area contributed by atoms with Gasteiger partial charge in [-0.2, -0.15) is 0 Å². The molecule has 1 aromatic carbocycles. The van der Waals surface area contributed by atoms with Crippen molar-refractivity contribution < 1.29 is 13.6 Å². The van der Waals surface area contributed by atoms with E-state index in [0.717, 1.165) is 31.7 Å². The fourth-order valence-electron chi connectivity index (χ4n) is 3.05. The number of hydrogen-bond donors (Lipinski definition) is 2. The highest BCUT2D eigenvalue weighted by Crippen LogP contribution is 2.35. The number of carbonyl (C=O) groups excluding carboxylic acids is 1. The number of carbonyl (C=O) groups is 1. The molecule has 0 aromatic heterocycles. The van der Waals surface area contributed by atoms with Crippen LogP contribution in [0.15, 0.2) is 12.1 Å². The molecule has 2 N–H and O–H groups in total. The Morgan fingerprint density at radius 1 is 1.11 bits per heavy atom. The minimum absolute atomic E-state index is 0.0541. The van der Waals surface area contributed by atoms with E-state index in [1.807, 2.05) is 0 Å². The van der Waals surface area contributed by atoms with Crippen molar-refractivity contribution in [2.24, 2.45) is 5.92 Å². The first-order valence-electron chi connectivity index (χ1n) is 6.71. The molecule has 1 saturated carbocycles. The molecular formula is C14H16F2N2O. The fourth-order valence-corrected chi connectivity index (χ4v) is 3.05. The summed E-state index contributed by atoms with van der Waals surface area (Å²) < 4.78 is 26.8.